The average molecular weight is 192 g/mol. The first kappa shape index (κ1) is 10.4. The second-order valence-corrected chi connectivity index (χ2v) is 3.37. The third kappa shape index (κ3) is 3.26. The first-order chi connectivity index (χ1) is 6.09. The van der Waals surface area contributed by atoms with Gasteiger partial charge in [0.2, 0.25) is 0 Å². The first-order valence-corrected chi connectivity index (χ1v) is 4.25. The Morgan fingerprint density at radius 1 is 1.69 bits per heavy atom. The topological polar surface area (TPSA) is 24.8 Å². The third-order valence-electron chi connectivity index (χ3n) is 1.97. The van der Waals surface area contributed by atoms with Gasteiger partial charge in [0, 0.05) is 19.0 Å². The van der Waals surface area contributed by atoms with Crippen LogP contribution < -0.4 is 0 Å². The SMILES string of the molecule is CC1CN(C)C/C1=N\OCC(F)F. The number of likely N-dealkylation sites (tertiary alicyclic amines) is 1. The summed E-state index contributed by atoms with van der Waals surface area (Å²) in [5.41, 5.74) is 0.850. The van der Waals surface area contributed by atoms with E-state index in [1.54, 1.807) is 0 Å². The van der Waals surface area contributed by atoms with Crippen molar-refractivity contribution in [2.45, 2.75) is 13.3 Å². The Balaban J connectivity index is 2.34. The number of hydrogen-bond donors (Lipinski definition) is 0. The lowest BCUT2D eigenvalue weighted by Gasteiger charge is -2.02. The molecule has 1 aliphatic heterocycles. The van der Waals surface area contributed by atoms with E-state index in [-0.39, 0.29) is 0 Å². The van der Waals surface area contributed by atoms with Crippen LogP contribution >= 0.6 is 0 Å². The fraction of sp³-hybridized carbons (Fsp3) is 0.875. The molecule has 0 N–H and O–H groups in total. The van der Waals surface area contributed by atoms with Gasteiger partial charge in [-0.3, -0.25) is 0 Å². The molecule has 0 aromatic carbocycles. The van der Waals surface area contributed by atoms with Crippen LogP contribution in [-0.4, -0.2) is 43.8 Å². The minimum atomic E-state index is -2.45. The second kappa shape index (κ2) is 4.50. The van der Waals surface area contributed by atoms with Crippen LogP contribution in [0.15, 0.2) is 5.16 Å². The van der Waals surface area contributed by atoms with Gasteiger partial charge in [0.15, 0.2) is 6.61 Å². The monoisotopic (exact) mass is 192 g/mol. The van der Waals surface area contributed by atoms with Crippen molar-refractivity contribution in [3.05, 3.63) is 0 Å². The Kier molecular flexibility index (Phi) is 3.59. The summed E-state index contributed by atoms with van der Waals surface area (Å²) in [4.78, 5) is 6.59. The Bertz CT molecular complexity index is 197. The fourth-order valence-electron chi connectivity index (χ4n) is 1.37. The van der Waals surface area contributed by atoms with Crippen LogP contribution in [-0.2, 0) is 4.84 Å². The van der Waals surface area contributed by atoms with Crippen LogP contribution in [0.1, 0.15) is 6.92 Å². The summed E-state index contributed by atoms with van der Waals surface area (Å²) in [6.07, 6.45) is -2.45. The molecule has 1 aliphatic rings. The maximum Gasteiger partial charge on any atom is 0.274 e. The van der Waals surface area contributed by atoms with Crippen molar-refractivity contribution in [3.63, 3.8) is 0 Å². The summed E-state index contributed by atoms with van der Waals surface area (Å²) >= 11 is 0. The summed E-state index contributed by atoms with van der Waals surface area (Å²) in [7, 11) is 1.96. The summed E-state index contributed by atoms with van der Waals surface area (Å²) in [5.74, 6) is 0.308. The molecule has 1 heterocycles. The van der Waals surface area contributed by atoms with E-state index in [1.165, 1.54) is 0 Å². The van der Waals surface area contributed by atoms with Crippen molar-refractivity contribution < 1.29 is 13.6 Å². The number of alkyl halides is 2. The molecule has 0 amide bonds. The van der Waals surface area contributed by atoms with Gasteiger partial charge < -0.3 is 9.74 Å². The molecule has 0 spiro atoms. The quantitative estimate of drug-likeness (QED) is 0.628. The number of halogens is 2. The summed E-state index contributed by atoms with van der Waals surface area (Å²) in [5, 5.41) is 3.69. The Morgan fingerprint density at radius 3 is 2.85 bits per heavy atom. The molecule has 1 unspecified atom stereocenters. The van der Waals surface area contributed by atoms with Gasteiger partial charge in [0.25, 0.3) is 6.43 Å². The van der Waals surface area contributed by atoms with Crippen molar-refractivity contribution in [1.29, 1.82) is 0 Å². The number of nitrogens with zero attached hydrogens (tertiary/aromatic N) is 2. The average Bonchev–Trinajstić information content (AvgIpc) is 2.29. The first-order valence-electron chi connectivity index (χ1n) is 4.25. The molecule has 0 bridgehead atoms. The largest absolute Gasteiger partial charge is 0.390 e. The van der Waals surface area contributed by atoms with E-state index in [0.29, 0.717) is 12.5 Å². The lowest BCUT2D eigenvalue weighted by Crippen LogP contribution is -2.14. The van der Waals surface area contributed by atoms with Gasteiger partial charge in [-0.05, 0) is 7.05 Å². The zero-order valence-corrected chi connectivity index (χ0v) is 7.83. The van der Waals surface area contributed by atoms with E-state index in [0.717, 1.165) is 12.3 Å². The molecule has 0 aliphatic carbocycles. The second-order valence-electron chi connectivity index (χ2n) is 3.37. The van der Waals surface area contributed by atoms with E-state index in [1.807, 2.05) is 14.0 Å². The molecule has 1 fully saturated rings. The minimum Gasteiger partial charge on any atom is -0.390 e. The molecule has 5 heteroatoms. The zero-order valence-electron chi connectivity index (χ0n) is 7.83. The molecular formula is C8H14F2N2O. The highest BCUT2D eigenvalue weighted by Gasteiger charge is 2.23. The van der Waals surface area contributed by atoms with Gasteiger partial charge in [-0.2, -0.15) is 0 Å². The predicted octanol–water partition coefficient (Wildman–Crippen LogP) is 1.21. The number of oxime groups is 1. The van der Waals surface area contributed by atoms with E-state index < -0.39 is 13.0 Å². The van der Waals surface area contributed by atoms with Crippen LogP contribution in [0.4, 0.5) is 8.78 Å². The third-order valence-corrected chi connectivity index (χ3v) is 1.97. The van der Waals surface area contributed by atoms with Crippen molar-refractivity contribution in [1.82, 2.24) is 4.90 Å². The van der Waals surface area contributed by atoms with E-state index in [9.17, 15) is 8.78 Å². The van der Waals surface area contributed by atoms with Crippen molar-refractivity contribution in [3.8, 4) is 0 Å². The van der Waals surface area contributed by atoms with Crippen molar-refractivity contribution in [2.75, 3.05) is 26.7 Å². The van der Waals surface area contributed by atoms with Crippen LogP contribution in [0.5, 0.6) is 0 Å². The molecule has 13 heavy (non-hydrogen) atoms. The molecule has 1 saturated heterocycles. The van der Waals surface area contributed by atoms with E-state index in [4.69, 9.17) is 0 Å². The maximum atomic E-state index is 11.7. The Morgan fingerprint density at radius 2 is 2.38 bits per heavy atom. The lowest BCUT2D eigenvalue weighted by atomic mass is 10.1. The van der Waals surface area contributed by atoms with Crippen LogP contribution in [0.3, 0.4) is 0 Å². The number of rotatable bonds is 3. The van der Waals surface area contributed by atoms with Crippen molar-refractivity contribution in [2.24, 2.45) is 11.1 Å². The highest BCUT2D eigenvalue weighted by atomic mass is 19.3. The predicted molar refractivity (Wildman–Crippen MR) is 46.1 cm³/mol. The molecule has 0 saturated carbocycles. The molecule has 0 aromatic rings. The van der Waals surface area contributed by atoms with Crippen LogP contribution in [0.25, 0.3) is 0 Å². The van der Waals surface area contributed by atoms with Gasteiger partial charge in [0.1, 0.15) is 0 Å². The molecule has 76 valence electrons. The molecular weight excluding hydrogens is 178 g/mol. The Hall–Kier alpha value is -0.710. The molecule has 1 atom stereocenters. The lowest BCUT2D eigenvalue weighted by molar-refractivity contribution is 0.0198. The normalized spacial score (nSPS) is 27.5. The molecule has 3 nitrogen and oxygen atoms in total. The Labute approximate surface area is 76.3 Å². The van der Waals surface area contributed by atoms with Gasteiger partial charge in [-0.25, -0.2) is 8.78 Å². The summed E-state index contributed by atoms with van der Waals surface area (Å²) in [6.45, 7) is 3.02. The van der Waals surface area contributed by atoms with Gasteiger partial charge in [-0.1, -0.05) is 12.1 Å². The van der Waals surface area contributed by atoms with Crippen molar-refractivity contribution >= 4 is 5.71 Å². The van der Waals surface area contributed by atoms with Gasteiger partial charge in [-0.15, -0.1) is 0 Å². The highest BCUT2D eigenvalue weighted by molar-refractivity contribution is 5.89. The maximum absolute atomic E-state index is 11.7. The van der Waals surface area contributed by atoms with E-state index >= 15 is 0 Å². The molecule has 0 aromatic heterocycles. The summed E-state index contributed by atoms with van der Waals surface area (Å²) in [6, 6.07) is 0. The fourth-order valence-corrected chi connectivity index (χ4v) is 1.37. The highest BCUT2D eigenvalue weighted by Crippen LogP contribution is 2.11. The zero-order chi connectivity index (χ0) is 9.84. The smallest absolute Gasteiger partial charge is 0.274 e. The van der Waals surface area contributed by atoms with Crippen LogP contribution in [0, 0.1) is 5.92 Å². The van der Waals surface area contributed by atoms with E-state index in [2.05, 4.69) is 14.9 Å². The van der Waals surface area contributed by atoms with Crippen LogP contribution in [0.2, 0.25) is 0 Å². The number of hydrogen-bond acceptors (Lipinski definition) is 3. The molecule has 0 radical (unpaired) electrons. The standard InChI is InChI=1S/C8H14F2N2O/c1-6-3-12(2)4-7(6)11-13-5-8(9)10/h6,8H,3-5H2,1-2H3/b11-7+. The molecule has 1 rings (SSSR count). The summed E-state index contributed by atoms with van der Waals surface area (Å²) < 4.78 is 23.4. The minimum absolute atomic E-state index is 0.308. The van der Waals surface area contributed by atoms with Gasteiger partial charge in [0.05, 0.1) is 5.71 Å². The van der Waals surface area contributed by atoms with Gasteiger partial charge >= 0.3 is 0 Å².